The summed E-state index contributed by atoms with van der Waals surface area (Å²) in [6, 6.07) is 6.17. The van der Waals surface area contributed by atoms with E-state index in [9.17, 15) is 9.18 Å². The molecule has 4 heteroatoms. The summed E-state index contributed by atoms with van der Waals surface area (Å²) in [5.74, 6) is -0.346. The highest BCUT2D eigenvalue weighted by Gasteiger charge is 2.23. The van der Waals surface area contributed by atoms with Crippen LogP contribution in [0.15, 0.2) is 24.3 Å². The number of carbonyl (C=O) groups excluding carboxylic acids is 1. The van der Waals surface area contributed by atoms with Crippen LogP contribution in [0.4, 0.5) is 4.39 Å². The maximum Gasteiger partial charge on any atom is 0.263 e. The van der Waals surface area contributed by atoms with Crippen LogP contribution in [0.1, 0.15) is 32.6 Å². The molecule has 1 unspecified atom stereocenters. The smallest absolute Gasteiger partial charge is 0.263 e. The summed E-state index contributed by atoms with van der Waals surface area (Å²) in [5.41, 5.74) is 0. The quantitative estimate of drug-likeness (QED) is 0.841. The first-order valence-corrected chi connectivity index (χ1v) is 6.88. The summed E-state index contributed by atoms with van der Waals surface area (Å²) in [5, 5.41) is 0. The number of para-hydroxylation sites is 1. The Morgan fingerprint density at radius 2 is 1.84 bits per heavy atom. The Morgan fingerprint density at radius 3 is 2.47 bits per heavy atom. The number of rotatable bonds is 3. The molecule has 1 aliphatic heterocycles. The summed E-state index contributed by atoms with van der Waals surface area (Å²) in [6.07, 6.45) is 3.78. The molecule has 0 spiro atoms. The number of benzene rings is 1. The SMILES string of the molecule is CC(Oc1ccccc1F)C(=O)N1CCCCCC1. The lowest BCUT2D eigenvalue weighted by Gasteiger charge is -2.24. The summed E-state index contributed by atoms with van der Waals surface area (Å²) in [7, 11) is 0. The largest absolute Gasteiger partial charge is 0.478 e. The van der Waals surface area contributed by atoms with Crippen molar-refractivity contribution in [2.45, 2.75) is 38.7 Å². The predicted octanol–water partition coefficient (Wildman–Crippen LogP) is 3.00. The van der Waals surface area contributed by atoms with Crippen LogP contribution in [-0.4, -0.2) is 30.0 Å². The van der Waals surface area contributed by atoms with Crippen LogP contribution in [0.25, 0.3) is 0 Å². The van der Waals surface area contributed by atoms with Crippen molar-refractivity contribution >= 4 is 5.91 Å². The number of carbonyl (C=O) groups is 1. The van der Waals surface area contributed by atoms with Gasteiger partial charge >= 0.3 is 0 Å². The third-order valence-corrected chi connectivity index (χ3v) is 3.41. The minimum atomic E-state index is -0.644. The lowest BCUT2D eigenvalue weighted by atomic mass is 10.2. The summed E-state index contributed by atoms with van der Waals surface area (Å²) >= 11 is 0. The molecule has 104 valence electrons. The number of amides is 1. The average molecular weight is 265 g/mol. The van der Waals surface area contributed by atoms with Crippen molar-refractivity contribution < 1.29 is 13.9 Å². The van der Waals surface area contributed by atoms with Gasteiger partial charge in [-0.05, 0) is 31.9 Å². The summed E-state index contributed by atoms with van der Waals surface area (Å²) in [4.78, 5) is 14.1. The molecule has 1 fully saturated rings. The fraction of sp³-hybridized carbons (Fsp3) is 0.533. The van der Waals surface area contributed by atoms with E-state index >= 15 is 0 Å². The van der Waals surface area contributed by atoms with Crippen molar-refractivity contribution in [3.8, 4) is 5.75 Å². The van der Waals surface area contributed by atoms with E-state index in [0.29, 0.717) is 0 Å². The molecule has 1 amide bonds. The molecular weight excluding hydrogens is 245 g/mol. The Hall–Kier alpha value is -1.58. The second-order valence-electron chi connectivity index (χ2n) is 4.93. The summed E-state index contributed by atoms with van der Waals surface area (Å²) in [6.45, 7) is 3.24. The highest BCUT2D eigenvalue weighted by molar-refractivity contribution is 5.80. The second kappa shape index (κ2) is 6.55. The Kier molecular flexibility index (Phi) is 4.77. The van der Waals surface area contributed by atoms with Gasteiger partial charge < -0.3 is 9.64 Å². The average Bonchev–Trinajstić information content (AvgIpc) is 2.69. The molecule has 1 aliphatic rings. The Morgan fingerprint density at radius 1 is 1.21 bits per heavy atom. The Bertz CT molecular complexity index is 428. The molecule has 0 N–H and O–H groups in total. The molecule has 0 saturated carbocycles. The van der Waals surface area contributed by atoms with Crippen LogP contribution >= 0.6 is 0 Å². The number of likely N-dealkylation sites (tertiary alicyclic amines) is 1. The molecule has 1 aromatic rings. The van der Waals surface area contributed by atoms with E-state index in [0.717, 1.165) is 25.9 Å². The second-order valence-corrected chi connectivity index (χ2v) is 4.93. The molecule has 2 rings (SSSR count). The molecule has 0 aromatic heterocycles. The monoisotopic (exact) mass is 265 g/mol. The minimum Gasteiger partial charge on any atom is -0.478 e. The van der Waals surface area contributed by atoms with E-state index < -0.39 is 11.9 Å². The van der Waals surface area contributed by atoms with Gasteiger partial charge in [0.2, 0.25) is 0 Å². The maximum atomic E-state index is 13.5. The molecule has 3 nitrogen and oxygen atoms in total. The van der Waals surface area contributed by atoms with Crippen LogP contribution in [0.2, 0.25) is 0 Å². The van der Waals surface area contributed by atoms with Crippen LogP contribution in [-0.2, 0) is 4.79 Å². The third kappa shape index (κ3) is 3.69. The first kappa shape index (κ1) is 13.8. The van der Waals surface area contributed by atoms with E-state index in [2.05, 4.69) is 0 Å². The van der Waals surface area contributed by atoms with Crippen LogP contribution in [0.3, 0.4) is 0 Å². The maximum absolute atomic E-state index is 13.5. The molecule has 1 aromatic carbocycles. The standard InChI is InChI=1S/C15H20FNO2/c1-12(19-14-9-5-4-8-13(14)16)15(18)17-10-6-2-3-7-11-17/h4-5,8-9,12H,2-3,6-7,10-11H2,1H3. The lowest BCUT2D eigenvalue weighted by molar-refractivity contribution is -0.137. The van der Waals surface area contributed by atoms with Gasteiger partial charge in [0.25, 0.3) is 5.91 Å². The molecule has 0 bridgehead atoms. The van der Waals surface area contributed by atoms with Crippen LogP contribution in [0, 0.1) is 5.82 Å². The Balaban J connectivity index is 1.97. The van der Waals surface area contributed by atoms with Gasteiger partial charge in [0.05, 0.1) is 0 Å². The van der Waals surface area contributed by atoms with Crippen molar-refractivity contribution in [1.29, 1.82) is 0 Å². The van der Waals surface area contributed by atoms with E-state index in [-0.39, 0.29) is 11.7 Å². The highest BCUT2D eigenvalue weighted by Crippen LogP contribution is 2.18. The predicted molar refractivity (Wildman–Crippen MR) is 71.5 cm³/mol. The fourth-order valence-corrected chi connectivity index (χ4v) is 2.33. The van der Waals surface area contributed by atoms with E-state index in [4.69, 9.17) is 4.74 Å². The topological polar surface area (TPSA) is 29.5 Å². The normalized spacial score (nSPS) is 17.7. The van der Waals surface area contributed by atoms with Crippen molar-refractivity contribution in [1.82, 2.24) is 4.90 Å². The molecule has 0 radical (unpaired) electrons. The van der Waals surface area contributed by atoms with Gasteiger partial charge in [0, 0.05) is 13.1 Å². The van der Waals surface area contributed by atoms with Gasteiger partial charge in [-0.15, -0.1) is 0 Å². The zero-order chi connectivity index (χ0) is 13.7. The van der Waals surface area contributed by atoms with Crippen molar-refractivity contribution in [3.63, 3.8) is 0 Å². The molecule has 1 heterocycles. The number of hydrogen-bond acceptors (Lipinski definition) is 2. The van der Waals surface area contributed by atoms with Crippen LogP contribution < -0.4 is 4.74 Å². The Labute approximate surface area is 113 Å². The van der Waals surface area contributed by atoms with Gasteiger partial charge in [0.1, 0.15) is 0 Å². The lowest BCUT2D eigenvalue weighted by Crippen LogP contribution is -2.41. The van der Waals surface area contributed by atoms with Crippen LogP contribution in [0.5, 0.6) is 5.75 Å². The fourth-order valence-electron chi connectivity index (χ4n) is 2.33. The van der Waals surface area contributed by atoms with E-state index in [1.165, 1.54) is 18.9 Å². The first-order chi connectivity index (χ1) is 9.18. The van der Waals surface area contributed by atoms with E-state index in [1.54, 1.807) is 25.1 Å². The molecular formula is C15H20FNO2. The zero-order valence-electron chi connectivity index (χ0n) is 11.3. The van der Waals surface area contributed by atoms with E-state index in [1.807, 2.05) is 4.90 Å². The van der Waals surface area contributed by atoms with Gasteiger partial charge in [-0.3, -0.25) is 4.79 Å². The van der Waals surface area contributed by atoms with Gasteiger partial charge in [0.15, 0.2) is 17.7 Å². The molecule has 0 aliphatic carbocycles. The van der Waals surface area contributed by atoms with Gasteiger partial charge in [-0.1, -0.05) is 25.0 Å². The van der Waals surface area contributed by atoms with Crippen molar-refractivity contribution in [2.24, 2.45) is 0 Å². The number of halogens is 1. The number of nitrogens with zero attached hydrogens (tertiary/aromatic N) is 1. The number of ether oxygens (including phenoxy) is 1. The van der Waals surface area contributed by atoms with Crippen molar-refractivity contribution in [2.75, 3.05) is 13.1 Å². The zero-order valence-corrected chi connectivity index (χ0v) is 11.3. The van der Waals surface area contributed by atoms with Gasteiger partial charge in [-0.2, -0.15) is 0 Å². The molecule has 19 heavy (non-hydrogen) atoms. The van der Waals surface area contributed by atoms with Crippen molar-refractivity contribution in [3.05, 3.63) is 30.1 Å². The number of hydrogen-bond donors (Lipinski definition) is 0. The summed E-state index contributed by atoms with van der Waals surface area (Å²) < 4.78 is 18.9. The first-order valence-electron chi connectivity index (χ1n) is 6.88. The minimum absolute atomic E-state index is 0.0508. The molecule has 1 atom stereocenters. The molecule has 1 saturated heterocycles. The van der Waals surface area contributed by atoms with Gasteiger partial charge in [-0.25, -0.2) is 4.39 Å². The third-order valence-electron chi connectivity index (χ3n) is 3.41. The highest BCUT2D eigenvalue weighted by atomic mass is 19.1.